The average Bonchev–Trinajstić information content (AvgIpc) is 2.34. The van der Waals surface area contributed by atoms with E-state index in [0.29, 0.717) is 5.69 Å². The minimum Gasteiger partial charge on any atom is -0.342 e. The topological polar surface area (TPSA) is 108 Å². The highest BCUT2D eigenvalue weighted by molar-refractivity contribution is 6.35. The van der Waals surface area contributed by atoms with Crippen molar-refractivity contribution in [2.24, 2.45) is 0 Å². The first-order chi connectivity index (χ1) is 7.74. The SMILES string of the molecule is N#CCNC(=O)C(=O)NCc1ccncn1. The summed E-state index contributed by atoms with van der Waals surface area (Å²) < 4.78 is 0. The van der Waals surface area contributed by atoms with E-state index in [0.717, 1.165) is 0 Å². The summed E-state index contributed by atoms with van der Waals surface area (Å²) in [6.45, 7) is -0.0545. The predicted octanol–water partition coefficient (Wildman–Crippen LogP) is -1.27. The fourth-order valence-electron chi connectivity index (χ4n) is 0.874. The Kier molecular flexibility index (Phi) is 4.40. The van der Waals surface area contributed by atoms with E-state index in [1.807, 2.05) is 0 Å². The number of rotatable bonds is 3. The summed E-state index contributed by atoms with van der Waals surface area (Å²) in [6, 6.07) is 3.31. The minimum absolute atomic E-state index is 0.140. The second-order valence-corrected chi connectivity index (χ2v) is 2.72. The van der Waals surface area contributed by atoms with Crippen LogP contribution < -0.4 is 10.6 Å². The van der Waals surface area contributed by atoms with Gasteiger partial charge in [0.25, 0.3) is 0 Å². The molecular weight excluding hydrogens is 210 g/mol. The number of carbonyl (C=O) groups is 2. The second kappa shape index (κ2) is 6.08. The first-order valence-corrected chi connectivity index (χ1v) is 4.42. The van der Waals surface area contributed by atoms with Crippen LogP contribution in [0, 0.1) is 11.3 Å². The van der Waals surface area contributed by atoms with Gasteiger partial charge in [0.15, 0.2) is 0 Å². The van der Waals surface area contributed by atoms with Gasteiger partial charge in [0.1, 0.15) is 12.9 Å². The number of nitriles is 1. The molecule has 0 bridgehead atoms. The lowest BCUT2D eigenvalue weighted by Crippen LogP contribution is -2.39. The lowest BCUT2D eigenvalue weighted by Gasteiger charge is -2.03. The standard InChI is InChI=1S/C9H9N5O2/c10-2-4-12-8(15)9(16)13-5-7-1-3-11-6-14-7/h1,3,6H,4-5H2,(H,12,15)(H,13,16). The molecule has 0 radical (unpaired) electrons. The molecule has 0 saturated carbocycles. The molecule has 7 nitrogen and oxygen atoms in total. The number of hydrogen-bond donors (Lipinski definition) is 2. The molecule has 0 spiro atoms. The monoisotopic (exact) mass is 219 g/mol. The first-order valence-electron chi connectivity index (χ1n) is 4.42. The van der Waals surface area contributed by atoms with Crippen molar-refractivity contribution in [2.75, 3.05) is 6.54 Å². The van der Waals surface area contributed by atoms with Crippen LogP contribution in [0.4, 0.5) is 0 Å². The van der Waals surface area contributed by atoms with Crippen LogP contribution in [-0.2, 0) is 16.1 Å². The third-order valence-electron chi connectivity index (χ3n) is 1.61. The largest absolute Gasteiger partial charge is 0.342 e. The van der Waals surface area contributed by atoms with Gasteiger partial charge in [-0.3, -0.25) is 9.59 Å². The van der Waals surface area contributed by atoms with Crippen LogP contribution in [0.3, 0.4) is 0 Å². The van der Waals surface area contributed by atoms with E-state index in [-0.39, 0.29) is 13.1 Å². The number of amides is 2. The van der Waals surface area contributed by atoms with Gasteiger partial charge in [0, 0.05) is 6.20 Å². The molecule has 2 N–H and O–H groups in total. The first kappa shape index (κ1) is 11.6. The molecule has 0 aromatic carbocycles. The molecule has 82 valence electrons. The van der Waals surface area contributed by atoms with Gasteiger partial charge in [-0.05, 0) is 6.07 Å². The molecule has 0 aliphatic heterocycles. The highest BCUT2D eigenvalue weighted by Crippen LogP contribution is 1.89. The predicted molar refractivity (Wildman–Crippen MR) is 52.5 cm³/mol. The van der Waals surface area contributed by atoms with Crippen LogP contribution >= 0.6 is 0 Å². The molecule has 0 saturated heterocycles. The Labute approximate surface area is 91.5 Å². The van der Waals surface area contributed by atoms with Crippen molar-refractivity contribution < 1.29 is 9.59 Å². The van der Waals surface area contributed by atoms with Gasteiger partial charge in [-0.15, -0.1) is 0 Å². The Morgan fingerprint density at radius 2 is 2.12 bits per heavy atom. The summed E-state index contributed by atoms with van der Waals surface area (Å²) in [6.07, 6.45) is 2.88. The van der Waals surface area contributed by atoms with Crippen LogP contribution in [0.1, 0.15) is 5.69 Å². The summed E-state index contributed by atoms with van der Waals surface area (Å²) in [5, 5.41) is 12.7. The molecule has 1 heterocycles. The molecular formula is C9H9N5O2. The fraction of sp³-hybridized carbons (Fsp3) is 0.222. The van der Waals surface area contributed by atoms with Crippen LogP contribution in [0.5, 0.6) is 0 Å². The van der Waals surface area contributed by atoms with Crippen LogP contribution in [0.25, 0.3) is 0 Å². The van der Waals surface area contributed by atoms with Gasteiger partial charge >= 0.3 is 11.8 Å². The van der Waals surface area contributed by atoms with Crippen LogP contribution in [-0.4, -0.2) is 28.3 Å². The van der Waals surface area contributed by atoms with E-state index >= 15 is 0 Å². The van der Waals surface area contributed by atoms with Crippen molar-refractivity contribution in [3.05, 3.63) is 24.3 Å². The maximum absolute atomic E-state index is 11.1. The van der Waals surface area contributed by atoms with Gasteiger partial charge in [0.2, 0.25) is 0 Å². The van der Waals surface area contributed by atoms with Gasteiger partial charge in [-0.1, -0.05) is 0 Å². The lowest BCUT2D eigenvalue weighted by molar-refractivity contribution is -0.139. The summed E-state index contributed by atoms with van der Waals surface area (Å²) in [5.74, 6) is -1.63. The lowest BCUT2D eigenvalue weighted by atomic mass is 10.4. The number of aromatic nitrogens is 2. The smallest absolute Gasteiger partial charge is 0.310 e. The van der Waals surface area contributed by atoms with Crippen molar-refractivity contribution in [1.29, 1.82) is 5.26 Å². The van der Waals surface area contributed by atoms with E-state index in [1.165, 1.54) is 12.5 Å². The van der Waals surface area contributed by atoms with E-state index < -0.39 is 11.8 Å². The molecule has 0 atom stereocenters. The average molecular weight is 219 g/mol. The van der Waals surface area contributed by atoms with Crippen molar-refractivity contribution in [3.63, 3.8) is 0 Å². The molecule has 2 amide bonds. The zero-order chi connectivity index (χ0) is 11.8. The molecule has 0 unspecified atom stereocenters. The molecule has 0 aliphatic carbocycles. The molecule has 0 fully saturated rings. The number of hydrogen-bond acceptors (Lipinski definition) is 5. The van der Waals surface area contributed by atoms with Gasteiger partial charge < -0.3 is 10.6 Å². The van der Waals surface area contributed by atoms with Crippen molar-refractivity contribution in [1.82, 2.24) is 20.6 Å². The Hall–Kier alpha value is -2.49. The van der Waals surface area contributed by atoms with Crippen LogP contribution in [0.2, 0.25) is 0 Å². The molecule has 1 rings (SSSR count). The zero-order valence-electron chi connectivity index (χ0n) is 8.30. The fourth-order valence-corrected chi connectivity index (χ4v) is 0.874. The normalized spacial score (nSPS) is 8.94. The van der Waals surface area contributed by atoms with Crippen molar-refractivity contribution >= 4 is 11.8 Å². The maximum Gasteiger partial charge on any atom is 0.310 e. The third kappa shape index (κ3) is 3.71. The quantitative estimate of drug-likeness (QED) is 0.487. The summed E-state index contributed by atoms with van der Waals surface area (Å²) in [4.78, 5) is 29.7. The zero-order valence-corrected chi connectivity index (χ0v) is 8.30. The highest BCUT2D eigenvalue weighted by atomic mass is 16.2. The summed E-state index contributed by atoms with van der Waals surface area (Å²) in [5.41, 5.74) is 0.594. The van der Waals surface area contributed by atoms with Crippen LogP contribution in [0.15, 0.2) is 18.6 Å². The minimum atomic E-state index is -0.837. The molecule has 1 aromatic heterocycles. The number of carbonyl (C=O) groups excluding carboxylic acids is 2. The third-order valence-corrected chi connectivity index (χ3v) is 1.61. The Morgan fingerprint density at radius 1 is 1.38 bits per heavy atom. The van der Waals surface area contributed by atoms with E-state index in [4.69, 9.17) is 5.26 Å². The van der Waals surface area contributed by atoms with Gasteiger partial charge in [0.05, 0.1) is 18.3 Å². The molecule has 1 aromatic rings. The number of nitrogens with zero attached hydrogens (tertiary/aromatic N) is 3. The van der Waals surface area contributed by atoms with E-state index in [9.17, 15) is 9.59 Å². The van der Waals surface area contributed by atoms with Gasteiger partial charge in [-0.2, -0.15) is 5.26 Å². The van der Waals surface area contributed by atoms with Gasteiger partial charge in [-0.25, -0.2) is 9.97 Å². The summed E-state index contributed by atoms with van der Waals surface area (Å²) >= 11 is 0. The number of nitrogens with one attached hydrogen (secondary N) is 2. The van der Waals surface area contributed by atoms with Crippen molar-refractivity contribution in [3.8, 4) is 6.07 Å². The summed E-state index contributed by atoms with van der Waals surface area (Å²) in [7, 11) is 0. The molecule has 16 heavy (non-hydrogen) atoms. The second-order valence-electron chi connectivity index (χ2n) is 2.72. The molecule has 7 heteroatoms. The Bertz CT molecular complexity index is 412. The van der Waals surface area contributed by atoms with E-state index in [1.54, 1.807) is 12.1 Å². The molecule has 0 aliphatic rings. The highest BCUT2D eigenvalue weighted by Gasteiger charge is 2.11. The Morgan fingerprint density at radius 3 is 2.75 bits per heavy atom. The van der Waals surface area contributed by atoms with E-state index in [2.05, 4.69) is 20.6 Å². The maximum atomic E-state index is 11.1. The van der Waals surface area contributed by atoms with Crippen molar-refractivity contribution in [2.45, 2.75) is 6.54 Å². The Balaban J connectivity index is 2.36.